The van der Waals surface area contributed by atoms with Crippen LogP contribution in [0.2, 0.25) is 0 Å². The summed E-state index contributed by atoms with van der Waals surface area (Å²) in [4.78, 5) is 10.7. The number of hydrogen-bond donors (Lipinski definition) is 1. The van der Waals surface area contributed by atoms with Crippen molar-refractivity contribution in [3.63, 3.8) is 0 Å². The Morgan fingerprint density at radius 1 is 1.24 bits per heavy atom. The van der Waals surface area contributed by atoms with Crippen LogP contribution in [0.5, 0.6) is 0 Å². The molecule has 1 fully saturated rings. The Labute approximate surface area is 148 Å². The topological polar surface area (TPSA) is 84.4 Å². The van der Waals surface area contributed by atoms with Crippen LogP contribution in [0, 0.1) is 6.92 Å². The van der Waals surface area contributed by atoms with Gasteiger partial charge in [0.15, 0.2) is 0 Å². The number of nitrogens with zero attached hydrogens (tertiary/aromatic N) is 3. The Kier molecular flexibility index (Phi) is 5.62. The maximum absolute atomic E-state index is 12.3. The van der Waals surface area contributed by atoms with E-state index in [0.717, 1.165) is 30.0 Å². The number of nitrogens with one attached hydrogen (secondary N) is 1. The Bertz CT molecular complexity index is 820. The summed E-state index contributed by atoms with van der Waals surface area (Å²) in [5.41, 5.74) is 1.80. The lowest BCUT2D eigenvalue weighted by Gasteiger charge is -2.27. The molecule has 0 saturated carbocycles. The lowest BCUT2D eigenvalue weighted by molar-refractivity contribution is 0.122. The van der Waals surface area contributed by atoms with Crippen molar-refractivity contribution < 1.29 is 13.2 Å². The number of anilines is 1. The first kappa shape index (κ1) is 17.8. The molecule has 2 heterocycles. The van der Waals surface area contributed by atoms with Gasteiger partial charge in [-0.3, -0.25) is 0 Å². The summed E-state index contributed by atoms with van der Waals surface area (Å²) >= 11 is 0. The van der Waals surface area contributed by atoms with Gasteiger partial charge < -0.3 is 9.64 Å². The molecule has 0 aliphatic carbocycles. The van der Waals surface area contributed by atoms with Crippen LogP contribution in [0.1, 0.15) is 17.0 Å². The van der Waals surface area contributed by atoms with E-state index in [9.17, 15) is 8.42 Å². The molecule has 0 unspecified atom stereocenters. The van der Waals surface area contributed by atoms with Crippen LogP contribution in [0.25, 0.3) is 0 Å². The summed E-state index contributed by atoms with van der Waals surface area (Å²) < 4.78 is 32.5. The zero-order valence-electron chi connectivity index (χ0n) is 14.2. The minimum absolute atomic E-state index is 0.0577. The lowest BCUT2D eigenvalue weighted by atomic mass is 10.2. The van der Waals surface area contributed by atoms with E-state index < -0.39 is 10.0 Å². The summed E-state index contributed by atoms with van der Waals surface area (Å²) in [7, 11) is -3.45. The summed E-state index contributed by atoms with van der Waals surface area (Å²) in [6.07, 6.45) is 1.65. The number of aryl methyl sites for hydroxylation is 1. The van der Waals surface area contributed by atoms with Gasteiger partial charge in [-0.05, 0) is 18.6 Å². The molecule has 1 aromatic heterocycles. The number of ether oxygens (including phenoxy) is 1. The molecule has 0 bridgehead atoms. The molecule has 1 N–H and O–H groups in total. The maximum Gasteiger partial charge on any atom is 0.216 e. The average Bonchev–Trinajstić information content (AvgIpc) is 2.61. The van der Waals surface area contributed by atoms with Crippen LogP contribution in [0.3, 0.4) is 0 Å². The number of morpholine rings is 1. The molecular weight excluding hydrogens is 340 g/mol. The van der Waals surface area contributed by atoms with E-state index in [2.05, 4.69) is 19.6 Å². The molecule has 1 aromatic carbocycles. The van der Waals surface area contributed by atoms with Crippen molar-refractivity contribution in [2.24, 2.45) is 0 Å². The van der Waals surface area contributed by atoms with Crippen molar-refractivity contribution in [2.45, 2.75) is 19.2 Å². The van der Waals surface area contributed by atoms with Crippen molar-refractivity contribution in [3.8, 4) is 0 Å². The van der Waals surface area contributed by atoms with Gasteiger partial charge in [-0.25, -0.2) is 23.1 Å². The van der Waals surface area contributed by atoms with Crippen LogP contribution in [-0.4, -0.2) is 44.7 Å². The van der Waals surface area contributed by atoms with Crippen molar-refractivity contribution in [2.75, 3.05) is 31.2 Å². The van der Waals surface area contributed by atoms with E-state index in [1.807, 2.05) is 37.3 Å². The third-order valence-electron chi connectivity index (χ3n) is 3.92. The second-order valence-electron chi connectivity index (χ2n) is 6.00. The molecule has 0 spiro atoms. The molecule has 3 rings (SSSR count). The summed E-state index contributed by atoms with van der Waals surface area (Å²) in [5, 5.41) is 0. The van der Waals surface area contributed by atoms with E-state index in [1.165, 1.54) is 0 Å². The number of sulfonamides is 1. The van der Waals surface area contributed by atoms with Crippen LogP contribution >= 0.6 is 0 Å². The van der Waals surface area contributed by atoms with Crippen molar-refractivity contribution in [1.29, 1.82) is 0 Å². The van der Waals surface area contributed by atoms with Gasteiger partial charge in [0.2, 0.25) is 10.0 Å². The van der Waals surface area contributed by atoms with Gasteiger partial charge in [0.25, 0.3) is 0 Å². The van der Waals surface area contributed by atoms with E-state index >= 15 is 0 Å². The molecule has 0 atom stereocenters. The van der Waals surface area contributed by atoms with Crippen molar-refractivity contribution in [3.05, 3.63) is 53.5 Å². The van der Waals surface area contributed by atoms with Gasteiger partial charge in [0.05, 0.1) is 25.5 Å². The first-order chi connectivity index (χ1) is 12.0. The highest BCUT2D eigenvalue weighted by Gasteiger charge is 2.15. The molecule has 0 amide bonds. The molecule has 1 aliphatic rings. The first-order valence-electron chi connectivity index (χ1n) is 8.19. The highest BCUT2D eigenvalue weighted by atomic mass is 32.2. The van der Waals surface area contributed by atoms with Gasteiger partial charge >= 0.3 is 0 Å². The van der Waals surface area contributed by atoms with Crippen LogP contribution in [0.4, 0.5) is 5.82 Å². The molecule has 7 nitrogen and oxygen atoms in total. The molecule has 1 saturated heterocycles. The summed E-state index contributed by atoms with van der Waals surface area (Å²) in [6.45, 7) is 4.90. The predicted molar refractivity (Wildman–Crippen MR) is 95.7 cm³/mol. The minimum atomic E-state index is -3.45. The van der Waals surface area contributed by atoms with E-state index in [-0.39, 0.29) is 12.3 Å². The smallest absolute Gasteiger partial charge is 0.216 e. The number of hydrogen-bond acceptors (Lipinski definition) is 6. The summed E-state index contributed by atoms with van der Waals surface area (Å²) in [6, 6.07) is 9.30. The fourth-order valence-corrected chi connectivity index (χ4v) is 3.76. The molecular formula is C17H22N4O3S. The molecule has 1 aliphatic heterocycles. The predicted octanol–water partition coefficient (Wildman–Crippen LogP) is 1.24. The Morgan fingerprint density at radius 2 is 2.04 bits per heavy atom. The monoisotopic (exact) mass is 362 g/mol. The highest BCUT2D eigenvalue weighted by Crippen LogP contribution is 2.12. The lowest BCUT2D eigenvalue weighted by Crippen LogP contribution is -2.37. The number of aromatic nitrogens is 2. The molecule has 0 radical (unpaired) electrons. The second kappa shape index (κ2) is 7.90. The fraction of sp³-hybridized carbons (Fsp3) is 0.412. The van der Waals surface area contributed by atoms with Crippen LogP contribution in [0.15, 0.2) is 36.5 Å². The third kappa shape index (κ3) is 5.22. The van der Waals surface area contributed by atoms with Crippen LogP contribution < -0.4 is 9.62 Å². The molecule has 134 valence electrons. The van der Waals surface area contributed by atoms with Gasteiger partial charge in [-0.15, -0.1) is 0 Å². The quantitative estimate of drug-likeness (QED) is 0.832. The first-order valence-corrected chi connectivity index (χ1v) is 9.84. The zero-order valence-corrected chi connectivity index (χ0v) is 15.0. The SMILES string of the molecule is Cc1cccc(CS(=O)(=O)NCc2nccc(N3CCOCC3)n2)c1. The largest absolute Gasteiger partial charge is 0.378 e. The summed E-state index contributed by atoms with van der Waals surface area (Å²) in [5.74, 6) is 1.20. The Balaban J connectivity index is 1.62. The highest BCUT2D eigenvalue weighted by molar-refractivity contribution is 7.88. The van der Waals surface area contributed by atoms with E-state index in [0.29, 0.717) is 19.0 Å². The van der Waals surface area contributed by atoms with Gasteiger partial charge in [0, 0.05) is 19.3 Å². The second-order valence-corrected chi connectivity index (χ2v) is 7.81. The van der Waals surface area contributed by atoms with E-state index in [1.54, 1.807) is 6.20 Å². The third-order valence-corrected chi connectivity index (χ3v) is 5.21. The average molecular weight is 362 g/mol. The van der Waals surface area contributed by atoms with Gasteiger partial charge in [-0.2, -0.15) is 0 Å². The number of benzene rings is 1. The van der Waals surface area contributed by atoms with Gasteiger partial charge in [-0.1, -0.05) is 29.8 Å². The van der Waals surface area contributed by atoms with Crippen molar-refractivity contribution >= 4 is 15.8 Å². The normalized spacial score (nSPS) is 15.3. The van der Waals surface area contributed by atoms with E-state index in [4.69, 9.17) is 4.74 Å². The maximum atomic E-state index is 12.3. The molecule has 2 aromatic rings. The standard InChI is InChI=1S/C17H22N4O3S/c1-14-3-2-4-15(11-14)13-25(22,23)19-12-16-18-6-5-17(20-16)21-7-9-24-10-8-21/h2-6,11,19H,7-10,12-13H2,1H3. The number of rotatable bonds is 6. The minimum Gasteiger partial charge on any atom is -0.378 e. The molecule has 8 heteroatoms. The van der Waals surface area contributed by atoms with Crippen molar-refractivity contribution in [1.82, 2.24) is 14.7 Å². The molecule has 25 heavy (non-hydrogen) atoms. The van der Waals surface area contributed by atoms with Crippen LogP contribution in [-0.2, 0) is 27.1 Å². The Hall–Kier alpha value is -2.03. The Morgan fingerprint density at radius 3 is 2.80 bits per heavy atom. The van der Waals surface area contributed by atoms with Gasteiger partial charge in [0.1, 0.15) is 11.6 Å². The fourth-order valence-electron chi connectivity index (χ4n) is 2.69. The zero-order chi connectivity index (χ0) is 17.7.